The van der Waals surface area contributed by atoms with Crippen molar-refractivity contribution in [3.05, 3.63) is 23.9 Å². The number of nitrogens with two attached hydrogens (primary N) is 1. The Hall–Kier alpha value is -0.980. The molecule has 0 aromatic carbocycles. The Morgan fingerprint density at radius 3 is 2.57 bits per heavy atom. The SMILES string of the molecule is CN(C)Cc1ccc(S(=N)(N)=O)nc1. The molecule has 3 N–H and O–H groups in total. The Kier molecular flexibility index (Phi) is 3.20. The van der Waals surface area contributed by atoms with Crippen molar-refractivity contribution in [3.8, 4) is 0 Å². The molecule has 0 aliphatic carbocycles. The predicted molar refractivity (Wildman–Crippen MR) is 54.9 cm³/mol. The first kappa shape index (κ1) is 11.1. The molecule has 5 nitrogen and oxygen atoms in total. The Bertz CT molecular complexity index is 396. The Morgan fingerprint density at radius 1 is 1.57 bits per heavy atom. The van der Waals surface area contributed by atoms with Crippen LogP contribution in [0, 0.1) is 4.78 Å². The van der Waals surface area contributed by atoms with Gasteiger partial charge in [0.1, 0.15) is 14.9 Å². The van der Waals surface area contributed by atoms with Crippen LogP contribution in [0.2, 0.25) is 0 Å². The van der Waals surface area contributed by atoms with Crippen LogP contribution in [0.15, 0.2) is 23.4 Å². The molecule has 0 spiro atoms. The van der Waals surface area contributed by atoms with Crippen LogP contribution in [-0.4, -0.2) is 28.2 Å². The summed E-state index contributed by atoms with van der Waals surface area (Å²) >= 11 is 0. The summed E-state index contributed by atoms with van der Waals surface area (Å²) in [7, 11) is 0.725. The molecule has 1 aromatic rings. The number of nitrogens with zero attached hydrogens (tertiary/aromatic N) is 2. The number of nitrogens with one attached hydrogen (secondary N) is 1. The van der Waals surface area contributed by atoms with Crippen molar-refractivity contribution in [3.63, 3.8) is 0 Å². The molecule has 0 aliphatic rings. The highest BCUT2D eigenvalue weighted by Crippen LogP contribution is 2.06. The van der Waals surface area contributed by atoms with Crippen molar-refractivity contribution in [1.82, 2.24) is 9.88 Å². The minimum atomic E-state index is -3.17. The second kappa shape index (κ2) is 4.04. The number of aromatic nitrogens is 1. The van der Waals surface area contributed by atoms with Crippen molar-refractivity contribution in [2.75, 3.05) is 14.1 Å². The van der Waals surface area contributed by atoms with Gasteiger partial charge in [-0.1, -0.05) is 6.07 Å². The molecular formula is C8H14N4OS. The fourth-order valence-electron chi connectivity index (χ4n) is 1.05. The third kappa shape index (κ3) is 3.06. The van der Waals surface area contributed by atoms with E-state index in [1.54, 1.807) is 12.3 Å². The second-order valence-electron chi connectivity index (χ2n) is 3.34. The van der Waals surface area contributed by atoms with E-state index in [0.717, 1.165) is 12.1 Å². The molecule has 1 unspecified atom stereocenters. The Morgan fingerprint density at radius 2 is 2.21 bits per heavy atom. The van der Waals surface area contributed by atoms with Crippen LogP contribution in [0.25, 0.3) is 0 Å². The molecule has 0 saturated carbocycles. The van der Waals surface area contributed by atoms with E-state index in [9.17, 15) is 4.21 Å². The van der Waals surface area contributed by atoms with Crippen LogP contribution in [0.1, 0.15) is 5.56 Å². The molecule has 1 rings (SSSR count). The van der Waals surface area contributed by atoms with Crippen molar-refractivity contribution in [2.24, 2.45) is 5.14 Å². The molecule has 6 heteroatoms. The summed E-state index contributed by atoms with van der Waals surface area (Å²) in [5.74, 6) is 0. The van der Waals surface area contributed by atoms with Crippen molar-refractivity contribution >= 4 is 9.92 Å². The molecule has 0 saturated heterocycles. The summed E-state index contributed by atoms with van der Waals surface area (Å²) in [4.78, 5) is 5.89. The minimum Gasteiger partial charge on any atom is -0.305 e. The number of pyridine rings is 1. The second-order valence-corrected chi connectivity index (χ2v) is 4.96. The van der Waals surface area contributed by atoms with Crippen LogP contribution < -0.4 is 5.14 Å². The van der Waals surface area contributed by atoms with Crippen LogP contribution in [0.3, 0.4) is 0 Å². The van der Waals surface area contributed by atoms with Gasteiger partial charge in [0.05, 0.1) is 0 Å². The highest BCUT2D eigenvalue weighted by Gasteiger charge is 2.04. The van der Waals surface area contributed by atoms with Gasteiger partial charge in [0.2, 0.25) is 0 Å². The van der Waals surface area contributed by atoms with Crippen LogP contribution in [-0.2, 0) is 16.5 Å². The van der Waals surface area contributed by atoms with Gasteiger partial charge in [-0.05, 0) is 25.7 Å². The van der Waals surface area contributed by atoms with E-state index in [2.05, 4.69) is 4.98 Å². The van der Waals surface area contributed by atoms with Gasteiger partial charge in [-0.15, -0.1) is 0 Å². The number of hydrogen-bond donors (Lipinski definition) is 2. The van der Waals surface area contributed by atoms with E-state index in [0.29, 0.717) is 0 Å². The summed E-state index contributed by atoms with van der Waals surface area (Å²) in [5.41, 5.74) is 1.00. The normalized spacial score (nSPS) is 15.4. The largest absolute Gasteiger partial charge is 0.305 e. The van der Waals surface area contributed by atoms with Gasteiger partial charge in [-0.2, -0.15) is 0 Å². The first-order valence-corrected chi connectivity index (χ1v) is 5.68. The minimum absolute atomic E-state index is 0.125. The average Bonchev–Trinajstić information content (AvgIpc) is 2.02. The van der Waals surface area contributed by atoms with E-state index in [4.69, 9.17) is 9.92 Å². The summed E-state index contributed by atoms with van der Waals surface area (Å²) < 4.78 is 18.2. The lowest BCUT2D eigenvalue weighted by Crippen LogP contribution is -2.14. The van der Waals surface area contributed by atoms with Crippen LogP contribution in [0.5, 0.6) is 0 Å². The molecule has 0 fully saturated rings. The maximum absolute atomic E-state index is 11.1. The molecule has 14 heavy (non-hydrogen) atoms. The van der Waals surface area contributed by atoms with Gasteiger partial charge < -0.3 is 4.90 Å². The third-order valence-electron chi connectivity index (χ3n) is 1.61. The Balaban J connectivity index is 2.90. The lowest BCUT2D eigenvalue weighted by molar-refractivity contribution is 0.401. The molecule has 0 radical (unpaired) electrons. The highest BCUT2D eigenvalue weighted by atomic mass is 32.2. The highest BCUT2D eigenvalue weighted by molar-refractivity contribution is 7.90. The van der Waals surface area contributed by atoms with Gasteiger partial charge in [0, 0.05) is 12.7 Å². The molecule has 0 aliphatic heterocycles. The number of hydrogen-bond acceptors (Lipinski definition) is 4. The molecule has 1 heterocycles. The van der Waals surface area contributed by atoms with E-state index in [1.807, 2.05) is 19.0 Å². The van der Waals surface area contributed by atoms with Gasteiger partial charge in [-0.25, -0.2) is 19.1 Å². The van der Waals surface area contributed by atoms with Crippen LogP contribution in [0.4, 0.5) is 0 Å². The summed E-state index contributed by atoms with van der Waals surface area (Å²) in [5, 5.41) is 5.25. The lowest BCUT2D eigenvalue weighted by atomic mass is 10.3. The average molecular weight is 214 g/mol. The Labute approximate surface area is 84.0 Å². The maximum atomic E-state index is 11.1. The van der Waals surface area contributed by atoms with E-state index < -0.39 is 9.92 Å². The maximum Gasteiger partial charge on any atom is 0.150 e. The molecule has 78 valence electrons. The first-order chi connectivity index (χ1) is 6.39. The monoisotopic (exact) mass is 214 g/mol. The first-order valence-electron chi connectivity index (χ1n) is 4.06. The van der Waals surface area contributed by atoms with Crippen molar-refractivity contribution < 1.29 is 4.21 Å². The van der Waals surface area contributed by atoms with Gasteiger partial charge in [0.15, 0.2) is 0 Å². The van der Waals surface area contributed by atoms with Crippen molar-refractivity contribution in [1.29, 1.82) is 4.78 Å². The van der Waals surface area contributed by atoms with E-state index in [-0.39, 0.29) is 5.03 Å². The molecule has 0 bridgehead atoms. The van der Waals surface area contributed by atoms with E-state index in [1.165, 1.54) is 6.07 Å². The predicted octanol–water partition coefficient (Wildman–Crippen LogP) is 0.423. The fourth-order valence-corrected chi connectivity index (χ4v) is 1.53. The topological polar surface area (TPSA) is 83.1 Å². The van der Waals surface area contributed by atoms with Gasteiger partial charge in [0.25, 0.3) is 0 Å². The quantitative estimate of drug-likeness (QED) is 0.765. The standard InChI is InChI=1S/C8H14N4OS/c1-12(2)6-7-3-4-8(11-5-7)14(9,10)13/h3-5H,6H2,1-2H3,(H3,9,10,13). The molecule has 0 amide bonds. The fraction of sp³-hybridized carbons (Fsp3) is 0.375. The van der Waals surface area contributed by atoms with Crippen LogP contribution >= 0.6 is 0 Å². The summed E-state index contributed by atoms with van der Waals surface area (Å²) in [6.07, 6.45) is 1.59. The molecule has 1 aromatic heterocycles. The zero-order valence-electron chi connectivity index (χ0n) is 8.23. The molecular weight excluding hydrogens is 200 g/mol. The summed E-state index contributed by atoms with van der Waals surface area (Å²) in [6, 6.07) is 3.32. The third-order valence-corrected chi connectivity index (χ3v) is 2.47. The van der Waals surface area contributed by atoms with Crippen molar-refractivity contribution in [2.45, 2.75) is 11.6 Å². The smallest absolute Gasteiger partial charge is 0.150 e. The summed E-state index contributed by atoms with van der Waals surface area (Å²) in [6.45, 7) is 0.761. The molecule has 1 atom stereocenters. The van der Waals surface area contributed by atoms with Gasteiger partial charge in [-0.3, -0.25) is 0 Å². The lowest BCUT2D eigenvalue weighted by Gasteiger charge is -2.09. The van der Waals surface area contributed by atoms with E-state index >= 15 is 0 Å². The van der Waals surface area contributed by atoms with Gasteiger partial charge >= 0.3 is 0 Å². The zero-order chi connectivity index (χ0) is 10.8. The zero-order valence-corrected chi connectivity index (χ0v) is 9.04. The number of rotatable bonds is 3.